The molecular weight excluding hydrogens is 434 g/mol. The summed E-state index contributed by atoms with van der Waals surface area (Å²) in [4.78, 5) is 17.3. The number of nitrogens with zero attached hydrogens (tertiary/aromatic N) is 1. The Bertz CT molecular complexity index is 1310. The highest BCUT2D eigenvalue weighted by Gasteiger charge is 2.19. The smallest absolute Gasteiger partial charge is 0.251 e. The fourth-order valence-corrected chi connectivity index (χ4v) is 4.37. The largest absolute Gasteiger partial charge is 0.497 e. The van der Waals surface area contributed by atoms with Crippen molar-refractivity contribution in [2.75, 3.05) is 19.0 Å². The molecule has 1 heterocycles. The van der Waals surface area contributed by atoms with Gasteiger partial charge in [-0.3, -0.25) is 4.79 Å². The summed E-state index contributed by atoms with van der Waals surface area (Å²) in [7, 11) is 1.64. The number of methoxy groups -OCH3 is 1. The van der Waals surface area contributed by atoms with Gasteiger partial charge < -0.3 is 15.4 Å². The third kappa shape index (κ3) is 5.87. The highest BCUT2D eigenvalue weighted by atomic mass is 16.5. The van der Waals surface area contributed by atoms with Gasteiger partial charge in [-0.15, -0.1) is 0 Å². The third-order valence-electron chi connectivity index (χ3n) is 6.38. The van der Waals surface area contributed by atoms with E-state index in [1.807, 2.05) is 24.3 Å². The van der Waals surface area contributed by atoms with Gasteiger partial charge in [0.2, 0.25) is 0 Å². The highest BCUT2D eigenvalue weighted by Crippen LogP contribution is 2.27. The van der Waals surface area contributed by atoms with Crippen LogP contribution >= 0.6 is 0 Å². The van der Waals surface area contributed by atoms with Crippen molar-refractivity contribution < 1.29 is 9.53 Å². The summed E-state index contributed by atoms with van der Waals surface area (Å²) < 4.78 is 5.36. The van der Waals surface area contributed by atoms with Gasteiger partial charge in [0.15, 0.2) is 0 Å². The van der Waals surface area contributed by atoms with Crippen LogP contribution in [0.4, 0.5) is 5.82 Å². The van der Waals surface area contributed by atoms with Crippen LogP contribution in [-0.4, -0.2) is 24.5 Å². The molecule has 1 atom stereocenters. The molecule has 2 N–H and O–H groups in total. The molecule has 5 nitrogen and oxygen atoms in total. The van der Waals surface area contributed by atoms with Crippen LogP contribution in [0.1, 0.15) is 17.5 Å². The van der Waals surface area contributed by atoms with E-state index in [2.05, 4.69) is 53.0 Å². The number of allylic oxidation sites excluding steroid dienone is 3. The first-order valence-corrected chi connectivity index (χ1v) is 11.8. The van der Waals surface area contributed by atoms with Crippen LogP contribution in [0.25, 0.3) is 10.8 Å². The summed E-state index contributed by atoms with van der Waals surface area (Å²) in [6, 6.07) is 16.4. The summed E-state index contributed by atoms with van der Waals surface area (Å²) >= 11 is 0. The number of ether oxygens (including phenoxy) is 1. The van der Waals surface area contributed by atoms with E-state index >= 15 is 0 Å². The number of carbonyl (C=O) groups is 1. The lowest BCUT2D eigenvalue weighted by Gasteiger charge is -2.24. The molecule has 1 aliphatic rings. The summed E-state index contributed by atoms with van der Waals surface area (Å²) in [6.07, 6.45) is 11.7. The number of benzene rings is 2. The Morgan fingerprint density at radius 2 is 1.94 bits per heavy atom. The molecule has 3 aromatic rings. The molecule has 0 saturated heterocycles. The number of aromatic nitrogens is 1. The normalized spacial score (nSPS) is 15.7. The highest BCUT2D eigenvalue weighted by molar-refractivity contribution is 5.96. The molecular formula is C30H31N3O2. The maximum absolute atomic E-state index is 12.8. The number of aryl methyl sites for hydroxylation is 1. The average molecular weight is 466 g/mol. The van der Waals surface area contributed by atoms with E-state index in [9.17, 15) is 4.79 Å². The van der Waals surface area contributed by atoms with E-state index < -0.39 is 0 Å². The summed E-state index contributed by atoms with van der Waals surface area (Å²) in [5.41, 5.74) is 4.02. The second kappa shape index (κ2) is 11.3. The van der Waals surface area contributed by atoms with Crippen LogP contribution in [0.15, 0.2) is 103 Å². The molecule has 178 valence electrons. The van der Waals surface area contributed by atoms with Gasteiger partial charge >= 0.3 is 0 Å². The molecule has 0 radical (unpaired) electrons. The lowest BCUT2D eigenvalue weighted by Crippen LogP contribution is -2.32. The van der Waals surface area contributed by atoms with Gasteiger partial charge in [-0.25, -0.2) is 4.98 Å². The number of carbonyl (C=O) groups excluding carboxylic acids is 1. The van der Waals surface area contributed by atoms with Crippen LogP contribution in [0.3, 0.4) is 0 Å². The Morgan fingerprint density at radius 1 is 1.11 bits per heavy atom. The van der Waals surface area contributed by atoms with E-state index in [0.717, 1.165) is 35.8 Å². The Kier molecular flexibility index (Phi) is 7.78. The third-order valence-corrected chi connectivity index (χ3v) is 6.38. The Hall–Kier alpha value is -4.12. The van der Waals surface area contributed by atoms with Crippen molar-refractivity contribution >= 4 is 22.5 Å². The zero-order chi connectivity index (χ0) is 24.6. The predicted octanol–water partition coefficient (Wildman–Crippen LogP) is 5.76. The molecule has 0 aliphatic heterocycles. The molecule has 0 saturated carbocycles. The average Bonchev–Trinajstić information content (AvgIpc) is 2.91. The van der Waals surface area contributed by atoms with Crippen LogP contribution < -0.4 is 15.4 Å². The number of pyridine rings is 1. The fourth-order valence-electron chi connectivity index (χ4n) is 4.37. The zero-order valence-electron chi connectivity index (χ0n) is 20.1. The number of amides is 1. The van der Waals surface area contributed by atoms with Crippen LogP contribution in [0.2, 0.25) is 0 Å². The summed E-state index contributed by atoms with van der Waals surface area (Å²) in [5.74, 6) is 1.75. The molecule has 0 spiro atoms. The number of fused-ring (bicyclic) bond motifs is 2. The molecule has 1 aromatic heterocycles. The number of hydrogen-bond acceptors (Lipinski definition) is 4. The minimum atomic E-state index is -0.133. The van der Waals surface area contributed by atoms with E-state index in [1.54, 1.807) is 37.6 Å². The molecule has 1 amide bonds. The molecule has 0 fully saturated rings. The number of rotatable bonds is 9. The lowest BCUT2D eigenvalue weighted by atomic mass is 9.84. The van der Waals surface area contributed by atoms with Crippen LogP contribution in [0, 0.1) is 5.92 Å². The van der Waals surface area contributed by atoms with Crippen molar-refractivity contribution in [3.63, 3.8) is 0 Å². The van der Waals surface area contributed by atoms with Crippen molar-refractivity contribution in [3.05, 3.63) is 115 Å². The fraction of sp³-hybridized carbons (Fsp3) is 0.200. The molecule has 4 rings (SSSR count). The van der Waals surface area contributed by atoms with Gasteiger partial charge in [-0.1, -0.05) is 49.6 Å². The Balaban J connectivity index is 1.43. The monoisotopic (exact) mass is 465 g/mol. The molecule has 1 aliphatic carbocycles. The maximum Gasteiger partial charge on any atom is 0.251 e. The van der Waals surface area contributed by atoms with Crippen molar-refractivity contribution in [3.8, 4) is 5.75 Å². The molecule has 5 heteroatoms. The van der Waals surface area contributed by atoms with Gasteiger partial charge in [0.05, 0.1) is 7.11 Å². The van der Waals surface area contributed by atoms with Gasteiger partial charge in [0.25, 0.3) is 5.91 Å². The minimum absolute atomic E-state index is 0.133. The first kappa shape index (κ1) is 24.0. The van der Waals surface area contributed by atoms with E-state index in [0.29, 0.717) is 29.6 Å². The molecule has 0 bridgehead atoms. The van der Waals surface area contributed by atoms with E-state index in [-0.39, 0.29) is 5.91 Å². The second-order valence-corrected chi connectivity index (χ2v) is 8.61. The Labute approximate surface area is 206 Å². The minimum Gasteiger partial charge on any atom is -0.497 e. The van der Waals surface area contributed by atoms with E-state index in [4.69, 9.17) is 4.74 Å². The van der Waals surface area contributed by atoms with Gasteiger partial charge in [-0.05, 0) is 78.1 Å². The van der Waals surface area contributed by atoms with Gasteiger partial charge in [0.1, 0.15) is 11.6 Å². The summed E-state index contributed by atoms with van der Waals surface area (Å²) in [6.45, 7) is 8.37. The summed E-state index contributed by atoms with van der Waals surface area (Å²) in [5, 5.41) is 8.35. The Morgan fingerprint density at radius 3 is 2.71 bits per heavy atom. The van der Waals surface area contributed by atoms with Crippen molar-refractivity contribution in [2.24, 2.45) is 5.92 Å². The SMILES string of the molecule is C=C/C(=C\C=C(/C=C)C(=O)NCC1CCc2ccccc2C1)Nc1nccc2ccc(OC)cc12. The molecule has 1 unspecified atom stereocenters. The molecule has 2 aromatic carbocycles. The lowest BCUT2D eigenvalue weighted by molar-refractivity contribution is -0.117. The van der Waals surface area contributed by atoms with E-state index in [1.165, 1.54) is 11.1 Å². The number of hydrogen-bond donors (Lipinski definition) is 2. The zero-order valence-corrected chi connectivity index (χ0v) is 20.1. The van der Waals surface area contributed by atoms with Crippen molar-refractivity contribution in [1.29, 1.82) is 0 Å². The second-order valence-electron chi connectivity index (χ2n) is 8.61. The predicted molar refractivity (Wildman–Crippen MR) is 143 cm³/mol. The van der Waals surface area contributed by atoms with Crippen LogP contribution in [-0.2, 0) is 17.6 Å². The quantitative estimate of drug-likeness (QED) is 0.312. The standard InChI is InChI=1S/C30H31N3O2/c1-4-22(30(34)32-20-21-10-11-23-8-6-7-9-25(23)18-21)12-14-26(5-2)33-29-28-19-27(35-3)15-13-24(28)16-17-31-29/h4-9,12-17,19,21H,1-2,10-11,18,20H2,3H3,(H,31,33)(H,32,34)/b22-12+,26-14+. The van der Waals surface area contributed by atoms with Crippen molar-refractivity contribution in [2.45, 2.75) is 19.3 Å². The molecule has 35 heavy (non-hydrogen) atoms. The van der Waals surface area contributed by atoms with Crippen molar-refractivity contribution in [1.82, 2.24) is 10.3 Å². The number of nitrogens with one attached hydrogen (secondary N) is 2. The first-order valence-electron chi connectivity index (χ1n) is 11.8. The van der Waals surface area contributed by atoms with Gasteiger partial charge in [-0.2, -0.15) is 0 Å². The maximum atomic E-state index is 12.8. The first-order chi connectivity index (χ1) is 17.1. The van der Waals surface area contributed by atoms with Gasteiger partial charge in [0, 0.05) is 29.4 Å². The topological polar surface area (TPSA) is 63.2 Å². The van der Waals surface area contributed by atoms with Crippen LogP contribution in [0.5, 0.6) is 5.75 Å². The number of anilines is 1.